The van der Waals surface area contributed by atoms with E-state index in [4.69, 9.17) is 4.74 Å². The van der Waals surface area contributed by atoms with Gasteiger partial charge in [-0.05, 0) is 40.5 Å². The average molecular weight is 419 g/mol. The Bertz CT molecular complexity index is 826. The van der Waals surface area contributed by atoms with E-state index in [9.17, 15) is 17.2 Å². The first-order chi connectivity index (χ1) is 11.4. The van der Waals surface area contributed by atoms with Crippen molar-refractivity contribution in [1.82, 2.24) is 9.29 Å². The SMILES string of the molecule is O=S(=O)(c1c(F)cccc1F)N1CCC(Oc2ccc(Br)cn2)C1. The van der Waals surface area contributed by atoms with E-state index in [-0.39, 0.29) is 13.1 Å². The highest BCUT2D eigenvalue weighted by molar-refractivity contribution is 9.10. The largest absolute Gasteiger partial charge is 0.473 e. The highest BCUT2D eigenvalue weighted by atomic mass is 79.9. The molecule has 0 amide bonds. The van der Waals surface area contributed by atoms with Gasteiger partial charge in [0, 0.05) is 23.3 Å². The molecule has 24 heavy (non-hydrogen) atoms. The molecule has 1 aromatic heterocycles. The molecule has 0 spiro atoms. The molecular formula is C15H13BrF2N2O3S. The number of rotatable bonds is 4. The predicted molar refractivity (Wildman–Crippen MR) is 86.1 cm³/mol. The van der Waals surface area contributed by atoms with Gasteiger partial charge in [-0.15, -0.1) is 0 Å². The van der Waals surface area contributed by atoms with Crippen LogP contribution in [0.1, 0.15) is 6.42 Å². The summed E-state index contributed by atoms with van der Waals surface area (Å²) in [6.45, 7) is 0.130. The summed E-state index contributed by atoms with van der Waals surface area (Å²) < 4.78 is 60.0. The van der Waals surface area contributed by atoms with Gasteiger partial charge in [0.2, 0.25) is 15.9 Å². The molecule has 0 N–H and O–H groups in total. The number of hydrogen-bond acceptors (Lipinski definition) is 4. The third kappa shape index (κ3) is 3.42. The van der Waals surface area contributed by atoms with E-state index in [1.807, 2.05) is 0 Å². The predicted octanol–water partition coefficient (Wildman–Crippen LogP) is 2.96. The third-order valence-electron chi connectivity index (χ3n) is 3.61. The van der Waals surface area contributed by atoms with Crippen molar-refractivity contribution in [1.29, 1.82) is 0 Å². The smallest absolute Gasteiger partial charge is 0.249 e. The molecule has 2 heterocycles. The van der Waals surface area contributed by atoms with Crippen LogP contribution in [-0.4, -0.2) is 36.9 Å². The van der Waals surface area contributed by atoms with Gasteiger partial charge >= 0.3 is 0 Å². The van der Waals surface area contributed by atoms with E-state index >= 15 is 0 Å². The minimum atomic E-state index is -4.26. The second-order valence-electron chi connectivity index (χ2n) is 5.26. The topological polar surface area (TPSA) is 59.5 Å². The van der Waals surface area contributed by atoms with Crippen LogP contribution in [0.3, 0.4) is 0 Å². The van der Waals surface area contributed by atoms with Crippen molar-refractivity contribution >= 4 is 26.0 Å². The lowest BCUT2D eigenvalue weighted by Gasteiger charge is -2.17. The van der Waals surface area contributed by atoms with Crippen LogP contribution in [0.15, 0.2) is 45.9 Å². The van der Waals surface area contributed by atoms with Crippen LogP contribution in [-0.2, 0) is 10.0 Å². The second kappa shape index (κ2) is 6.73. The van der Waals surface area contributed by atoms with E-state index in [1.165, 1.54) is 0 Å². The van der Waals surface area contributed by atoms with E-state index in [0.29, 0.717) is 12.3 Å². The normalized spacial score (nSPS) is 18.7. The van der Waals surface area contributed by atoms with Crippen LogP contribution in [0, 0.1) is 11.6 Å². The number of sulfonamides is 1. The Morgan fingerprint density at radius 1 is 1.21 bits per heavy atom. The Kier molecular flexibility index (Phi) is 4.84. The van der Waals surface area contributed by atoms with E-state index in [2.05, 4.69) is 20.9 Å². The third-order valence-corrected chi connectivity index (χ3v) is 6.00. The molecule has 2 aromatic rings. The zero-order valence-corrected chi connectivity index (χ0v) is 14.7. The van der Waals surface area contributed by atoms with Crippen molar-refractivity contribution in [2.24, 2.45) is 0 Å². The van der Waals surface area contributed by atoms with Gasteiger partial charge < -0.3 is 4.74 Å². The van der Waals surface area contributed by atoms with Crippen molar-refractivity contribution in [3.63, 3.8) is 0 Å². The molecule has 0 saturated carbocycles. The fourth-order valence-corrected chi connectivity index (χ4v) is 4.30. The lowest BCUT2D eigenvalue weighted by molar-refractivity contribution is 0.207. The van der Waals surface area contributed by atoms with Gasteiger partial charge in [0.25, 0.3) is 0 Å². The van der Waals surface area contributed by atoms with Gasteiger partial charge in [0.1, 0.15) is 17.7 Å². The molecule has 1 aromatic carbocycles. The number of nitrogens with zero attached hydrogens (tertiary/aromatic N) is 2. The molecule has 0 bridgehead atoms. The van der Waals surface area contributed by atoms with Crippen molar-refractivity contribution < 1.29 is 21.9 Å². The Hall–Kier alpha value is -1.58. The van der Waals surface area contributed by atoms with E-state index in [0.717, 1.165) is 27.0 Å². The highest BCUT2D eigenvalue weighted by Gasteiger charge is 2.37. The Morgan fingerprint density at radius 3 is 2.54 bits per heavy atom. The van der Waals surface area contributed by atoms with Gasteiger partial charge in [-0.25, -0.2) is 22.2 Å². The van der Waals surface area contributed by atoms with Crippen molar-refractivity contribution in [3.8, 4) is 5.88 Å². The number of pyridine rings is 1. The summed E-state index contributed by atoms with van der Waals surface area (Å²) in [5.74, 6) is -1.84. The highest BCUT2D eigenvalue weighted by Crippen LogP contribution is 2.27. The summed E-state index contributed by atoms with van der Waals surface area (Å²) in [5, 5.41) is 0. The monoisotopic (exact) mass is 418 g/mol. The second-order valence-corrected chi connectivity index (χ2v) is 8.05. The summed E-state index contributed by atoms with van der Waals surface area (Å²) >= 11 is 3.26. The maximum Gasteiger partial charge on any atom is 0.249 e. The molecule has 1 aliphatic heterocycles. The zero-order chi connectivity index (χ0) is 17.3. The molecule has 0 aliphatic carbocycles. The zero-order valence-electron chi connectivity index (χ0n) is 12.3. The van der Waals surface area contributed by atoms with Gasteiger partial charge in [-0.3, -0.25) is 0 Å². The van der Waals surface area contributed by atoms with Crippen LogP contribution >= 0.6 is 15.9 Å². The summed E-state index contributed by atoms with van der Waals surface area (Å²) in [6.07, 6.45) is 1.55. The van der Waals surface area contributed by atoms with Crippen molar-refractivity contribution in [2.45, 2.75) is 17.4 Å². The maximum atomic E-state index is 13.8. The molecule has 3 rings (SSSR count). The lowest BCUT2D eigenvalue weighted by Crippen LogP contribution is -2.32. The first kappa shape index (κ1) is 17.2. The molecular weight excluding hydrogens is 406 g/mol. The minimum Gasteiger partial charge on any atom is -0.473 e. The first-order valence-electron chi connectivity index (χ1n) is 7.10. The van der Waals surface area contributed by atoms with Gasteiger partial charge in [0.05, 0.1) is 6.54 Å². The Morgan fingerprint density at radius 2 is 1.92 bits per heavy atom. The number of ether oxygens (including phenoxy) is 1. The van der Waals surface area contributed by atoms with Crippen molar-refractivity contribution in [2.75, 3.05) is 13.1 Å². The first-order valence-corrected chi connectivity index (χ1v) is 9.33. The summed E-state index contributed by atoms with van der Waals surface area (Å²) in [7, 11) is -4.26. The molecule has 1 fully saturated rings. The Balaban J connectivity index is 1.76. The van der Waals surface area contributed by atoms with Crippen LogP contribution < -0.4 is 4.74 Å². The molecule has 5 nitrogen and oxygen atoms in total. The van der Waals surface area contributed by atoms with Crippen LogP contribution in [0.4, 0.5) is 8.78 Å². The van der Waals surface area contributed by atoms with Gasteiger partial charge in [-0.1, -0.05) is 6.07 Å². The maximum absolute atomic E-state index is 13.8. The minimum absolute atomic E-state index is 0.00779. The molecule has 128 valence electrons. The van der Waals surface area contributed by atoms with Crippen LogP contribution in [0.5, 0.6) is 5.88 Å². The number of benzene rings is 1. The standard InChI is InChI=1S/C15H13BrF2N2O3S/c16-10-4-5-14(19-8-10)23-11-6-7-20(9-11)24(21,22)15-12(17)2-1-3-13(15)18/h1-5,8,11H,6-7,9H2. The van der Waals surface area contributed by atoms with E-state index in [1.54, 1.807) is 18.3 Å². The van der Waals surface area contributed by atoms with Gasteiger partial charge in [-0.2, -0.15) is 4.31 Å². The Labute approximate surface area is 146 Å². The van der Waals surface area contributed by atoms with Crippen LogP contribution in [0.25, 0.3) is 0 Å². The lowest BCUT2D eigenvalue weighted by atomic mass is 10.3. The average Bonchev–Trinajstić information content (AvgIpc) is 2.98. The summed E-state index contributed by atoms with van der Waals surface area (Å²) in [5.41, 5.74) is 0. The summed E-state index contributed by atoms with van der Waals surface area (Å²) in [6, 6.07) is 6.37. The number of hydrogen-bond donors (Lipinski definition) is 0. The fourth-order valence-electron chi connectivity index (χ4n) is 2.47. The quantitative estimate of drug-likeness (QED) is 0.765. The molecule has 9 heteroatoms. The number of halogens is 3. The fraction of sp³-hybridized carbons (Fsp3) is 0.267. The summed E-state index contributed by atoms with van der Waals surface area (Å²) in [4.78, 5) is 3.13. The molecule has 1 atom stereocenters. The van der Waals surface area contributed by atoms with E-state index < -0.39 is 32.7 Å². The van der Waals surface area contributed by atoms with Gasteiger partial charge in [0.15, 0.2) is 4.90 Å². The molecule has 1 saturated heterocycles. The van der Waals surface area contributed by atoms with Crippen LogP contribution in [0.2, 0.25) is 0 Å². The molecule has 1 aliphatic rings. The molecule has 0 radical (unpaired) electrons. The molecule has 1 unspecified atom stereocenters. The number of aromatic nitrogens is 1. The van der Waals surface area contributed by atoms with Crippen molar-refractivity contribution in [3.05, 3.63) is 52.6 Å².